The highest BCUT2D eigenvalue weighted by Crippen LogP contribution is 2.21. The van der Waals surface area contributed by atoms with Gasteiger partial charge < -0.3 is 20.3 Å². The van der Waals surface area contributed by atoms with Gasteiger partial charge in [0.2, 0.25) is 0 Å². The molecule has 0 saturated carbocycles. The minimum Gasteiger partial charge on any atom is -0.507 e. The molecular weight excluding hydrogens is 302 g/mol. The highest BCUT2D eigenvalue weighted by molar-refractivity contribution is 6.31. The molecule has 114 valence electrons. The summed E-state index contributed by atoms with van der Waals surface area (Å²) in [6, 6.07) is 2.54. The van der Waals surface area contributed by atoms with E-state index in [4.69, 9.17) is 16.7 Å². The maximum Gasteiger partial charge on any atom is 0.326 e. The molecule has 0 saturated heterocycles. The van der Waals surface area contributed by atoms with Gasteiger partial charge in [0.25, 0.3) is 5.91 Å². The second-order valence-corrected chi connectivity index (χ2v) is 4.58. The Morgan fingerprint density at radius 3 is 2.62 bits per heavy atom. The zero-order valence-electron chi connectivity index (χ0n) is 11.1. The number of esters is 1. The van der Waals surface area contributed by atoms with Gasteiger partial charge in [0.15, 0.2) is 0 Å². The van der Waals surface area contributed by atoms with E-state index < -0.39 is 23.9 Å². The fraction of sp³-hybridized carbons (Fsp3) is 0.308. The molecule has 0 aromatic heterocycles. The number of hydrogen-bond acceptors (Lipinski definition) is 5. The van der Waals surface area contributed by atoms with Crippen molar-refractivity contribution >= 4 is 29.4 Å². The van der Waals surface area contributed by atoms with E-state index in [1.807, 2.05) is 0 Å². The van der Waals surface area contributed by atoms with Crippen molar-refractivity contribution in [2.75, 3.05) is 7.11 Å². The molecule has 7 nitrogen and oxygen atoms in total. The Morgan fingerprint density at radius 2 is 2.05 bits per heavy atom. The molecule has 0 bridgehead atoms. The lowest BCUT2D eigenvalue weighted by atomic mass is 10.1. The molecule has 0 aliphatic carbocycles. The topological polar surface area (TPSA) is 113 Å². The summed E-state index contributed by atoms with van der Waals surface area (Å²) in [4.78, 5) is 34.0. The number of amides is 1. The molecule has 0 aliphatic heterocycles. The average molecular weight is 316 g/mol. The number of benzene rings is 1. The lowest BCUT2D eigenvalue weighted by Crippen LogP contribution is -2.41. The van der Waals surface area contributed by atoms with Crippen LogP contribution in [0, 0.1) is 0 Å². The van der Waals surface area contributed by atoms with Crippen molar-refractivity contribution in [3.8, 4) is 5.75 Å². The number of carboxylic acid groups (broad SMARTS) is 1. The lowest BCUT2D eigenvalue weighted by molar-refractivity contribution is -0.142. The predicted molar refractivity (Wildman–Crippen MR) is 73.3 cm³/mol. The summed E-state index contributed by atoms with van der Waals surface area (Å²) in [5.41, 5.74) is -0.146. The number of rotatable bonds is 6. The van der Waals surface area contributed by atoms with Crippen LogP contribution in [0.25, 0.3) is 0 Å². The van der Waals surface area contributed by atoms with Crippen LogP contribution in [0.15, 0.2) is 18.2 Å². The summed E-state index contributed by atoms with van der Waals surface area (Å²) in [6.07, 6.45) is -0.287. The van der Waals surface area contributed by atoms with Crippen molar-refractivity contribution in [3.63, 3.8) is 0 Å². The Balaban J connectivity index is 2.79. The molecule has 0 unspecified atom stereocenters. The predicted octanol–water partition coefficient (Wildman–Crippen LogP) is 1.18. The summed E-state index contributed by atoms with van der Waals surface area (Å²) in [7, 11) is 1.18. The van der Waals surface area contributed by atoms with E-state index >= 15 is 0 Å². The number of hydrogen-bond donors (Lipinski definition) is 3. The number of carboxylic acids is 1. The molecule has 1 rings (SSSR count). The van der Waals surface area contributed by atoms with Gasteiger partial charge in [-0.25, -0.2) is 4.79 Å². The van der Waals surface area contributed by atoms with Crippen LogP contribution in [0.4, 0.5) is 0 Å². The van der Waals surface area contributed by atoms with Gasteiger partial charge in [0.1, 0.15) is 11.8 Å². The van der Waals surface area contributed by atoms with Crippen LogP contribution < -0.4 is 5.32 Å². The molecule has 0 spiro atoms. The maximum atomic E-state index is 11.9. The molecule has 0 fully saturated rings. The lowest BCUT2D eigenvalue weighted by Gasteiger charge is -2.14. The van der Waals surface area contributed by atoms with Crippen LogP contribution in [-0.4, -0.2) is 41.2 Å². The molecular formula is C13H14ClNO6. The average Bonchev–Trinajstić information content (AvgIpc) is 2.44. The Kier molecular flexibility index (Phi) is 5.98. The standard InChI is InChI=1S/C13H14ClNO6/c1-21-11(17)5-3-9(13(19)20)15-12(18)8-6-7(14)2-4-10(8)16/h2,4,6,9,16H,3,5H2,1H3,(H,15,18)(H,19,20)/t9-/m0/s1. The van der Waals surface area contributed by atoms with Gasteiger partial charge in [-0.1, -0.05) is 11.6 Å². The first-order valence-corrected chi connectivity index (χ1v) is 6.32. The van der Waals surface area contributed by atoms with Crippen LogP contribution in [0.1, 0.15) is 23.2 Å². The van der Waals surface area contributed by atoms with Gasteiger partial charge in [-0.15, -0.1) is 0 Å². The number of aliphatic carboxylic acids is 1. The zero-order valence-corrected chi connectivity index (χ0v) is 11.9. The monoisotopic (exact) mass is 315 g/mol. The van der Waals surface area contributed by atoms with Crippen LogP contribution in [0.3, 0.4) is 0 Å². The number of carbonyl (C=O) groups is 3. The van der Waals surface area contributed by atoms with Crippen molar-refractivity contribution in [2.24, 2.45) is 0 Å². The third kappa shape index (κ3) is 4.96. The number of nitrogens with one attached hydrogen (secondary N) is 1. The van der Waals surface area contributed by atoms with Crippen molar-refractivity contribution < 1.29 is 29.3 Å². The van der Waals surface area contributed by atoms with Gasteiger partial charge in [0, 0.05) is 11.4 Å². The number of phenols is 1. The summed E-state index contributed by atoms with van der Waals surface area (Å²) >= 11 is 5.71. The van der Waals surface area contributed by atoms with Gasteiger partial charge in [-0.2, -0.15) is 0 Å². The highest BCUT2D eigenvalue weighted by atomic mass is 35.5. The molecule has 3 N–H and O–H groups in total. The van der Waals surface area contributed by atoms with Gasteiger partial charge in [-0.3, -0.25) is 9.59 Å². The molecule has 21 heavy (non-hydrogen) atoms. The van der Waals surface area contributed by atoms with Gasteiger partial charge >= 0.3 is 11.9 Å². The largest absolute Gasteiger partial charge is 0.507 e. The number of ether oxygens (including phenoxy) is 1. The van der Waals surface area contributed by atoms with Gasteiger partial charge in [0.05, 0.1) is 12.7 Å². The fourth-order valence-corrected chi connectivity index (χ4v) is 1.72. The number of carbonyl (C=O) groups excluding carboxylic acids is 2. The Bertz CT molecular complexity index is 560. The third-order valence-corrected chi connectivity index (χ3v) is 2.91. The highest BCUT2D eigenvalue weighted by Gasteiger charge is 2.23. The Hall–Kier alpha value is -2.28. The summed E-state index contributed by atoms with van der Waals surface area (Å²) in [5, 5.41) is 21.0. The van der Waals surface area contributed by atoms with E-state index in [9.17, 15) is 19.5 Å². The number of methoxy groups -OCH3 is 1. The molecule has 0 aliphatic rings. The van der Waals surface area contributed by atoms with E-state index in [-0.39, 0.29) is 29.2 Å². The SMILES string of the molecule is COC(=O)CC[C@H](NC(=O)c1cc(Cl)ccc1O)C(=O)O. The number of aromatic hydroxyl groups is 1. The summed E-state index contributed by atoms with van der Waals surface area (Å²) in [5.74, 6) is -3.00. The second kappa shape index (κ2) is 7.49. The van der Waals surface area contributed by atoms with Crippen LogP contribution in [0.2, 0.25) is 5.02 Å². The minimum absolute atomic E-state index is 0.130. The zero-order chi connectivity index (χ0) is 16.0. The first-order chi connectivity index (χ1) is 9.85. The van der Waals surface area contributed by atoms with E-state index in [2.05, 4.69) is 10.1 Å². The normalized spacial score (nSPS) is 11.5. The molecule has 0 radical (unpaired) electrons. The molecule has 0 heterocycles. The molecule has 1 atom stereocenters. The minimum atomic E-state index is -1.30. The summed E-state index contributed by atoms with van der Waals surface area (Å²) < 4.78 is 4.40. The molecule has 8 heteroatoms. The van der Waals surface area contributed by atoms with E-state index in [0.717, 1.165) is 0 Å². The fourth-order valence-electron chi connectivity index (χ4n) is 1.55. The Morgan fingerprint density at radius 1 is 1.38 bits per heavy atom. The van der Waals surface area contributed by atoms with Crippen molar-refractivity contribution in [2.45, 2.75) is 18.9 Å². The maximum absolute atomic E-state index is 11.9. The molecule has 1 aromatic carbocycles. The van der Waals surface area contributed by atoms with Crippen LogP contribution >= 0.6 is 11.6 Å². The number of halogens is 1. The second-order valence-electron chi connectivity index (χ2n) is 4.14. The summed E-state index contributed by atoms with van der Waals surface area (Å²) in [6.45, 7) is 0. The van der Waals surface area contributed by atoms with E-state index in [0.29, 0.717) is 0 Å². The first kappa shape index (κ1) is 16.8. The number of phenolic OH excluding ortho intramolecular Hbond substituents is 1. The van der Waals surface area contributed by atoms with Gasteiger partial charge in [-0.05, 0) is 24.6 Å². The first-order valence-electron chi connectivity index (χ1n) is 5.94. The van der Waals surface area contributed by atoms with Crippen LogP contribution in [-0.2, 0) is 14.3 Å². The molecule has 1 aromatic rings. The smallest absolute Gasteiger partial charge is 0.326 e. The van der Waals surface area contributed by atoms with Crippen molar-refractivity contribution in [1.29, 1.82) is 0 Å². The van der Waals surface area contributed by atoms with E-state index in [1.54, 1.807) is 0 Å². The van der Waals surface area contributed by atoms with Crippen molar-refractivity contribution in [3.05, 3.63) is 28.8 Å². The third-order valence-electron chi connectivity index (χ3n) is 2.67. The molecule has 1 amide bonds. The van der Waals surface area contributed by atoms with E-state index in [1.165, 1.54) is 25.3 Å². The Labute approximate surface area is 125 Å². The van der Waals surface area contributed by atoms with Crippen LogP contribution in [0.5, 0.6) is 5.75 Å². The quantitative estimate of drug-likeness (QED) is 0.679. The van der Waals surface area contributed by atoms with Crippen molar-refractivity contribution in [1.82, 2.24) is 5.32 Å².